The SMILES string of the molecule is CC1(C(=O)N2CCC(O)(Cn3cnc4c(cnn4-c4ccc(-n5cccn5)cc4)c3=O)CC2)CCC1. The molecule has 10 nitrogen and oxygen atoms in total. The predicted octanol–water partition coefficient (Wildman–Crippen LogP) is 2.31. The summed E-state index contributed by atoms with van der Waals surface area (Å²) < 4.78 is 4.86. The van der Waals surface area contributed by atoms with Crippen molar-refractivity contribution < 1.29 is 9.90 Å². The first-order valence-corrected chi connectivity index (χ1v) is 12.4. The van der Waals surface area contributed by atoms with E-state index in [2.05, 4.69) is 15.2 Å². The molecule has 186 valence electrons. The van der Waals surface area contributed by atoms with Crippen LogP contribution in [-0.4, -0.2) is 63.7 Å². The minimum atomic E-state index is -1.06. The second-order valence-electron chi connectivity index (χ2n) is 10.4. The van der Waals surface area contributed by atoms with Crippen LogP contribution in [0, 0.1) is 5.41 Å². The molecule has 36 heavy (non-hydrogen) atoms. The lowest BCUT2D eigenvalue weighted by Gasteiger charge is -2.45. The molecule has 4 heterocycles. The molecule has 0 unspecified atom stereocenters. The maximum absolute atomic E-state index is 13.2. The molecule has 0 radical (unpaired) electrons. The summed E-state index contributed by atoms with van der Waals surface area (Å²) in [6.45, 7) is 3.18. The molecule has 1 aliphatic carbocycles. The Bertz CT molecular complexity index is 1460. The van der Waals surface area contributed by atoms with Crippen LogP contribution in [0.25, 0.3) is 22.4 Å². The molecule has 4 aromatic rings. The Morgan fingerprint density at radius 3 is 2.42 bits per heavy atom. The number of nitrogens with zero attached hydrogens (tertiary/aromatic N) is 7. The minimum absolute atomic E-state index is 0.137. The Balaban J connectivity index is 1.19. The molecule has 1 amide bonds. The smallest absolute Gasteiger partial charge is 0.264 e. The number of aliphatic hydroxyl groups is 1. The van der Waals surface area contributed by atoms with Gasteiger partial charge >= 0.3 is 0 Å². The second-order valence-corrected chi connectivity index (χ2v) is 10.4. The van der Waals surface area contributed by atoms with Crippen LogP contribution in [0.4, 0.5) is 0 Å². The molecule has 2 aliphatic rings. The number of piperidine rings is 1. The number of amides is 1. The zero-order valence-electron chi connectivity index (χ0n) is 20.2. The first kappa shape index (κ1) is 22.7. The number of aromatic nitrogens is 6. The van der Waals surface area contributed by atoms with E-state index in [1.54, 1.807) is 15.6 Å². The number of hydrogen-bond acceptors (Lipinski definition) is 6. The molecule has 0 atom stereocenters. The standard InChI is InChI=1S/C26H29N7O3/c1-25(8-2-9-25)24(35)30-14-10-26(36,11-15-30)17-31-18-27-22-21(23(31)34)16-29-33(22)20-6-4-19(5-7-20)32-13-3-12-28-32/h3-7,12-13,16,18,36H,2,8-11,14-15,17H2,1H3. The lowest BCUT2D eigenvalue weighted by Crippen LogP contribution is -2.54. The number of benzene rings is 1. The van der Waals surface area contributed by atoms with E-state index in [4.69, 9.17) is 0 Å². The van der Waals surface area contributed by atoms with Gasteiger partial charge < -0.3 is 10.0 Å². The van der Waals surface area contributed by atoms with Crippen LogP contribution in [0.15, 0.2) is 60.0 Å². The highest BCUT2D eigenvalue weighted by molar-refractivity contribution is 5.83. The molecule has 10 heteroatoms. The van der Waals surface area contributed by atoms with E-state index in [0.717, 1.165) is 30.6 Å². The summed E-state index contributed by atoms with van der Waals surface area (Å²) in [7, 11) is 0. The number of fused-ring (bicyclic) bond motifs is 1. The van der Waals surface area contributed by atoms with Crippen LogP contribution in [-0.2, 0) is 11.3 Å². The maximum atomic E-state index is 13.2. The van der Waals surface area contributed by atoms with Gasteiger partial charge in [0.1, 0.15) is 11.7 Å². The van der Waals surface area contributed by atoms with Crippen molar-refractivity contribution in [3.05, 3.63) is 65.6 Å². The van der Waals surface area contributed by atoms with Gasteiger partial charge in [0.15, 0.2) is 5.65 Å². The van der Waals surface area contributed by atoms with Crippen molar-refractivity contribution in [1.82, 2.24) is 34.0 Å². The van der Waals surface area contributed by atoms with Gasteiger partial charge in [0.25, 0.3) is 5.56 Å². The minimum Gasteiger partial charge on any atom is -0.388 e. The summed E-state index contributed by atoms with van der Waals surface area (Å²) >= 11 is 0. The van der Waals surface area contributed by atoms with Crippen molar-refractivity contribution in [1.29, 1.82) is 0 Å². The molecular formula is C26H29N7O3. The van der Waals surface area contributed by atoms with Crippen LogP contribution in [0.1, 0.15) is 39.0 Å². The molecule has 1 aliphatic heterocycles. The van der Waals surface area contributed by atoms with Crippen molar-refractivity contribution in [2.24, 2.45) is 5.41 Å². The normalized spacial score (nSPS) is 18.8. The molecule has 1 N–H and O–H groups in total. The number of hydrogen-bond donors (Lipinski definition) is 1. The van der Waals surface area contributed by atoms with E-state index in [-0.39, 0.29) is 23.4 Å². The average Bonchev–Trinajstić information content (AvgIpc) is 3.55. The zero-order chi connectivity index (χ0) is 24.9. The van der Waals surface area contributed by atoms with Gasteiger partial charge in [-0.2, -0.15) is 10.2 Å². The summed E-state index contributed by atoms with van der Waals surface area (Å²) in [4.78, 5) is 32.5. The van der Waals surface area contributed by atoms with Crippen LogP contribution in [0.3, 0.4) is 0 Å². The largest absolute Gasteiger partial charge is 0.388 e. The van der Waals surface area contributed by atoms with Crippen LogP contribution >= 0.6 is 0 Å². The van der Waals surface area contributed by atoms with Gasteiger partial charge in [-0.15, -0.1) is 0 Å². The Labute approximate surface area is 207 Å². The molecule has 2 fully saturated rings. The first-order valence-electron chi connectivity index (χ1n) is 12.4. The van der Waals surface area contributed by atoms with E-state index in [1.165, 1.54) is 17.1 Å². The summed E-state index contributed by atoms with van der Waals surface area (Å²) in [5, 5.41) is 20.3. The highest BCUT2D eigenvalue weighted by Crippen LogP contribution is 2.42. The van der Waals surface area contributed by atoms with E-state index < -0.39 is 5.60 Å². The van der Waals surface area contributed by atoms with Crippen LogP contribution in [0.5, 0.6) is 0 Å². The third-order valence-electron chi connectivity index (χ3n) is 7.84. The van der Waals surface area contributed by atoms with E-state index >= 15 is 0 Å². The molecule has 1 saturated heterocycles. The van der Waals surface area contributed by atoms with Gasteiger partial charge in [0, 0.05) is 30.9 Å². The third-order valence-corrected chi connectivity index (χ3v) is 7.84. The van der Waals surface area contributed by atoms with E-state index in [9.17, 15) is 14.7 Å². The third kappa shape index (κ3) is 3.81. The van der Waals surface area contributed by atoms with Crippen LogP contribution in [0.2, 0.25) is 0 Å². The molecule has 1 saturated carbocycles. The van der Waals surface area contributed by atoms with Gasteiger partial charge in [0.05, 0.1) is 29.7 Å². The van der Waals surface area contributed by atoms with Gasteiger partial charge in [-0.25, -0.2) is 14.3 Å². The molecule has 0 bridgehead atoms. The Kier molecular flexibility index (Phi) is 5.29. The Morgan fingerprint density at radius 1 is 1.06 bits per heavy atom. The fraction of sp³-hybridized carbons (Fsp3) is 0.423. The molecule has 6 rings (SSSR count). The highest BCUT2D eigenvalue weighted by Gasteiger charge is 2.44. The average molecular weight is 488 g/mol. The molecule has 1 aromatic carbocycles. The molecular weight excluding hydrogens is 458 g/mol. The maximum Gasteiger partial charge on any atom is 0.264 e. The van der Waals surface area contributed by atoms with Gasteiger partial charge in [-0.1, -0.05) is 13.3 Å². The molecule has 3 aromatic heterocycles. The summed E-state index contributed by atoms with van der Waals surface area (Å²) in [5.74, 6) is 0.195. The van der Waals surface area contributed by atoms with Gasteiger partial charge in [0.2, 0.25) is 5.91 Å². The van der Waals surface area contributed by atoms with Crippen molar-refractivity contribution in [3.8, 4) is 11.4 Å². The quantitative estimate of drug-likeness (QED) is 0.463. The Morgan fingerprint density at radius 2 is 1.78 bits per heavy atom. The predicted molar refractivity (Wildman–Crippen MR) is 133 cm³/mol. The van der Waals surface area contributed by atoms with E-state index in [0.29, 0.717) is 37.0 Å². The van der Waals surface area contributed by atoms with Crippen molar-refractivity contribution in [3.63, 3.8) is 0 Å². The van der Waals surface area contributed by atoms with Gasteiger partial charge in [-0.3, -0.25) is 14.2 Å². The van der Waals surface area contributed by atoms with Crippen molar-refractivity contribution in [2.45, 2.75) is 51.2 Å². The first-order chi connectivity index (χ1) is 17.4. The van der Waals surface area contributed by atoms with Crippen molar-refractivity contribution >= 4 is 16.9 Å². The zero-order valence-corrected chi connectivity index (χ0v) is 20.2. The fourth-order valence-corrected chi connectivity index (χ4v) is 5.32. The fourth-order valence-electron chi connectivity index (χ4n) is 5.32. The van der Waals surface area contributed by atoms with Gasteiger partial charge in [-0.05, 0) is 56.0 Å². The summed E-state index contributed by atoms with van der Waals surface area (Å²) in [6.07, 6.45) is 10.4. The number of rotatable bonds is 5. The summed E-state index contributed by atoms with van der Waals surface area (Å²) in [6, 6.07) is 9.51. The number of likely N-dealkylation sites (tertiary alicyclic amines) is 1. The Hall–Kier alpha value is -3.79. The molecule has 0 spiro atoms. The lowest BCUT2D eigenvalue weighted by atomic mass is 9.69. The topological polar surface area (TPSA) is 111 Å². The lowest BCUT2D eigenvalue weighted by molar-refractivity contribution is -0.150. The monoisotopic (exact) mass is 487 g/mol. The number of carbonyl (C=O) groups is 1. The van der Waals surface area contributed by atoms with Crippen LogP contribution < -0.4 is 5.56 Å². The highest BCUT2D eigenvalue weighted by atomic mass is 16.3. The number of carbonyl (C=O) groups excluding carboxylic acids is 1. The van der Waals surface area contributed by atoms with E-state index in [1.807, 2.05) is 48.4 Å². The van der Waals surface area contributed by atoms with Crippen molar-refractivity contribution in [2.75, 3.05) is 13.1 Å². The summed E-state index contributed by atoms with van der Waals surface area (Å²) in [5.41, 5.74) is 0.618. The second kappa shape index (κ2) is 8.41.